The fourth-order valence-corrected chi connectivity index (χ4v) is 1.48. The van der Waals surface area contributed by atoms with Gasteiger partial charge in [-0.2, -0.15) is 0 Å². The summed E-state index contributed by atoms with van der Waals surface area (Å²) in [5.41, 5.74) is 0.100. The van der Waals surface area contributed by atoms with E-state index in [1.54, 1.807) is 0 Å². The van der Waals surface area contributed by atoms with Gasteiger partial charge in [-0.1, -0.05) is 13.8 Å². The summed E-state index contributed by atoms with van der Waals surface area (Å²) in [5, 5.41) is 3.35. The van der Waals surface area contributed by atoms with E-state index in [9.17, 15) is 4.79 Å². The molecular formula is C12H26N2O. The number of carbonyl (C=O) groups excluding carboxylic acids is 1. The Hall–Kier alpha value is -0.570. The summed E-state index contributed by atoms with van der Waals surface area (Å²) in [6, 6.07) is 0. The molecule has 0 aromatic heterocycles. The van der Waals surface area contributed by atoms with Gasteiger partial charge < -0.3 is 10.2 Å². The topological polar surface area (TPSA) is 32.3 Å². The lowest BCUT2D eigenvalue weighted by Gasteiger charge is -2.29. The highest BCUT2D eigenvalue weighted by Gasteiger charge is 2.20. The SMILES string of the molecule is CCN(CC)C(=O)CNC(C)(CC)CC. The maximum absolute atomic E-state index is 11.7. The molecule has 0 aromatic rings. The molecule has 0 saturated heterocycles. The molecule has 0 spiro atoms. The zero-order valence-electron chi connectivity index (χ0n) is 10.9. The molecular weight excluding hydrogens is 188 g/mol. The molecule has 3 nitrogen and oxygen atoms in total. The van der Waals surface area contributed by atoms with E-state index >= 15 is 0 Å². The average molecular weight is 214 g/mol. The van der Waals surface area contributed by atoms with E-state index in [0.29, 0.717) is 6.54 Å². The van der Waals surface area contributed by atoms with E-state index in [0.717, 1.165) is 25.9 Å². The lowest BCUT2D eigenvalue weighted by atomic mass is 9.96. The molecule has 1 N–H and O–H groups in total. The molecule has 90 valence electrons. The first-order chi connectivity index (χ1) is 7.02. The predicted molar refractivity (Wildman–Crippen MR) is 64.9 cm³/mol. The van der Waals surface area contributed by atoms with E-state index in [1.807, 2.05) is 18.7 Å². The first kappa shape index (κ1) is 14.4. The van der Waals surface area contributed by atoms with Crippen molar-refractivity contribution in [2.24, 2.45) is 0 Å². The lowest BCUT2D eigenvalue weighted by Crippen LogP contribution is -2.47. The quantitative estimate of drug-likeness (QED) is 0.703. The van der Waals surface area contributed by atoms with Gasteiger partial charge in [-0.15, -0.1) is 0 Å². The molecule has 0 aromatic carbocycles. The molecule has 0 aliphatic rings. The zero-order valence-corrected chi connectivity index (χ0v) is 10.9. The highest BCUT2D eigenvalue weighted by Crippen LogP contribution is 2.12. The largest absolute Gasteiger partial charge is 0.342 e. The molecule has 0 atom stereocenters. The van der Waals surface area contributed by atoms with E-state index in [2.05, 4.69) is 26.1 Å². The number of hydrogen-bond donors (Lipinski definition) is 1. The number of amides is 1. The molecule has 3 heteroatoms. The van der Waals surface area contributed by atoms with Crippen molar-refractivity contribution in [1.29, 1.82) is 0 Å². The zero-order chi connectivity index (χ0) is 11.9. The smallest absolute Gasteiger partial charge is 0.236 e. The minimum atomic E-state index is 0.100. The third-order valence-corrected chi connectivity index (χ3v) is 3.34. The van der Waals surface area contributed by atoms with E-state index in [1.165, 1.54) is 0 Å². The van der Waals surface area contributed by atoms with Gasteiger partial charge in [0.25, 0.3) is 0 Å². The van der Waals surface area contributed by atoms with Gasteiger partial charge in [0, 0.05) is 18.6 Å². The Morgan fingerprint density at radius 3 is 1.93 bits per heavy atom. The summed E-state index contributed by atoms with van der Waals surface area (Å²) in [4.78, 5) is 13.6. The molecule has 0 saturated carbocycles. The molecule has 0 unspecified atom stereocenters. The van der Waals surface area contributed by atoms with Crippen LogP contribution >= 0.6 is 0 Å². The summed E-state index contributed by atoms with van der Waals surface area (Å²) in [7, 11) is 0. The van der Waals surface area contributed by atoms with Gasteiger partial charge >= 0.3 is 0 Å². The molecule has 1 amide bonds. The number of nitrogens with zero attached hydrogens (tertiary/aromatic N) is 1. The van der Waals surface area contributed by atoms with Crippen molar-refractivity contribution in [3.8, 4) is 0 Å². The van der Waals surface area contributed by atoms with Crippen molar-refractivity contribution in [1.82, 2.24) is 10.2 Å². The summed E-state index contributed by atoms with van der Waals surface area (Å²) < 4.78 is 0. The van der Waals surface area contributed by atoms with Gasteiger partial charge in [-0.25, -0.2) is 0 Å². The molecule has 0 bridgehead atoms. The maximum atomic E-state index is 11.7. The van der Waals surface area contributed by atoms with Crippen LogP contribution in [0.1, 0.15) is 47.5 Å². The Morgan fingerprint density at radius 2 is 1.60 bits per heavy atom. The summed E-state index contributed by atoms with van der Waals surface area (Å²) in [6.07, 6.45) is 2.10. The summed E-state index contributed by atoms with van der Waals surface area (Å²) in [6.45, 7) is 12.6. The minimum absolute atomic E-state index is 0.100. The van der Waals surface area contributed by atoms with Crippen molar-refractivity contribution in [2.75, 3.05) is 19.6 Å². The molecule has 0 heterocycles. The molecule has 0 fully saturated rings. The number of nitrogens with one attached hydrogen (secondary N) is 1. The number of hydrogen-bond acceptors (Lipinski definition) is 2. The number of likely N-dealkylation sites (N-methyl/N-ethyl adjacent to an activating group) is 1. The molecule has 0 radical (unpaired) electrons. The molecule has 0 aliphatic carbocycles. The van der Waals surface area contributed by atoms with E-state index < -0.39 is 0 Å². The van der Waals surface area contributed by atoms with Gasteiger partial charge in [0.1, 0.15) is 0 Å². The Balaban J connectivity index is 4.08. The minimum Gasteiger partial charge on any atom is -0.342 e. The normalized spacial score (nSPS) is 11.5. The molecule has 0 rings (SSSR count). The van der Waals surface area contributed by atoms with Crippen LogP contribution in [0.25, 0.3) is 0 Å². The van der Waals surface area contributed by atoms with Crippen molar-refractivity contribution < 1.29 is 4.79 Å². The van der Waals surface area contributed by atoms with E-state index in [-0.39, 0.29) is 11.4 Å². The second-order valence-electron chi connectivity index (χ2n) is 4.19. The van der Waals surface area contributed by atoms with Crippen molar-refractivity contribution in [3.05, 3.63) is 0 Å². The van der Waals surface area contributed by atoms with Crippen LogP contribution in [0.5, 0.6) is 0 Å². The van der Waals surface area contributed by atoms with Crippen molar-refractivity contribution >= 4 is 5.91 Å². The van der Waals surface area contributed by atoms with Crippen LogP contribution in [0.3, 0.4) is 0 Å². The third-order valence-electron chi connectivity index (χ3n) is 3.34. The van der Waals surface area contributed by atoms with Crippen molar-refractivity contribution in [2.45, 2.75) is 53.0 Å². The lowest BCUT2D eigenvalue weighted by molar-refractivity contribution is -0.130. The maximum Gasteiger partial charge on any atom is 0.236 e. The van der Waals surface area contributed by atoms with Gasteiger partial charge in [0.15, 0.2) is 0 Å². The summed E-state index contributed by atoms with van der Waals surface area (Å²) >= 11 is 0. The number of carbonyl (C=O) groups is 1. The van der Waals surface area contributed by atoms with Crippen LogP contribution in [-0.2, 0) is 4.79 Å². The first-order valence-electron chi connectivity index (χ1n) is 6.05. The Kier molecular flexibility index (Phi) is 6.57. The second kappa shape index (κ2) is 6.83. The van der Waals surface area contributed by atoms with Crippen LogP contribution in [0.4, 0.5) is 0 Å². The van der Waals surface area contributed by atoms with Crippen LogP contribution < -0.4 is 5.32 Å². The highest BCUT2D eigenvalue weighted by molar-refractivity contribution is 5.78. The number of rotatable bonds is 7. The van der Waals surface area contributed by atoms with Crippen LogP contribution in [-0.4, -0.2) is 36.0 Å². The Bertz CT molecular complexity index is 184. The van der Waals surface area contributed by atoms with Crippen molar-refractivity contribution in [3.63, 3.8) is 0 Å². The Morgan fingerprint density at radius 1 is 1.13 bits per heavy atom. The van der Waals surface area contributed by atoms with Gasteiger partial charge in [0.2, 0.25) is 5.91 Å². The van der Waals surface area contributed by atoms with Crippen LogP contribution in [0.15, 0.2) is 0 Å². The third kappa shape index (κ3) is 4.65. The van der Waals surface area contributed by atoms with Gasteiger partial charge in [-0.3, -0.25) is 4.79 Å². The van der Waals surface area contributed by atoms with Gasteiger partial charge in [0.05, 0.1) is 6.54 Å². The second-order valence-corrected chi connectivity index (χ2v) is 4.19. The molecule has 15 heavy (non-hydrogen) atoms. The average Bonchev–Trinajstić information content (AvgIpc) is 2.27. The monoisotopic (exact) mass is 214 g/mol. The molecule has 0 aliphatic heterocycles. The summed E-state index contributed by atoms with van der Waals surface area (Å²) in [5.74, 6) is 0.202. The highest BCUT2D eigenvalue weighted by atomic mass is 16.2. The fraction of sp³-hybridized carbons (Fsp3) is 0.917. The first-order valence-corrected chi connectivity index (χ1v) is 6.05. The fourth-order valence-electron chi connectivity index (χ4n) is 1.48. The standard InChI is InChI=1S/C12H26N2O/c1-6-12(5,7-2)13-10-11(15)14(8-3)9-4/h13H,6-10H2,1-5H3. The Labute approximate surface area is 94.2 Å². The van der Waals surface area contributed by atoms with E-state index in [4.69, 9.17) is 0 Å². The van der Waals surface area contributed by atoms with Crippen LogP contribution in [0, 0.1) is 0 Å². The predicted octanol–water partition coefficient (Wildman–Crippen LogP) is 2.02. The van der Waals surface area contributed by atoms with Gasteiger partial charge in [-0.05, 0) is 33.6 Å². The van der Waals surface area contributed by atoms with Crippen LogP contribution in [0.2, 0.25) is 0 Å².